The average Bonchev–Trinajstić information content (AvgIpc) is 1.61. The minimum Gasteiger partial charge on any atom is -0.329 e. The van der Waals surface area contributed by atoms with E-state index in [9.17, 15) is 81.1 Å². The number of imide groups is 2. The van der Waals surface area contributed by atoms with E-state index in [-0.39, 0.29) is 73.0 Å². The van der Waals surface area contributed by atoms with Gasteiger partial charge in [-0.05, 0) is 117 Å². The van der Waals surface area contributed by atoms with Gasteiger partial charge in [-0.15, -0.1) is 10.1 Å². The molecule has 48 heteroatoms. The number of carbonyl (C=O) groups is 8. The molecule has 512 valence electrons. The molecular weight excluding hydrogens is 1460 g/mol. The SMILES string of the molecule is NN.NN.NNC(=O)C(CCSSc1ccccn1)S(=O)(=O)O.NNC(=O)C(CCSSc1ccccn1)S(=O)(=O)O.O=C(ON1C(=O)CCC1=O)C(CCSSc1ccccn1)S(=O)(=O)O.O=C(ON1C(=O)CCC1=O)C(CCSSc1ccccn1)S(=O)(=O)O. The van der Waals surface area contributed by atoms with Crippen molar-refractivity contribution >= 4 is 174 Å². The Morgan fingerprint density at radius 1 is 0.424 bits per heavy atom. The molecule has 6 amide bonds. The van der Waals surface area contributed by atoms with Gasteiger partial charge in [0.05, 0.1) is 0 Å². The Morgan fingerprint density at radius 2 is 0.641 bits per heavy atom. The van der Waals surface area contributed by atoms with E-state index in [1.165, 1.54) is 86.4 Å². The fourth-order valence-corrected chi connectivity index (χ4v) is 17.4. The third-order valence-corrected chi connectivity index (χ3v) is 24.0. The molecule has 0 aromatic carbocycles. The van der Waals surface area contributed by atoms with Gasteiger partial charge in [0.15, 0.2) is 21.0 Å². The molecular formula is C44H62N14O22S12. The lowest BCUT2D eigenvalue weighted by Gasteiger charge is -2.17. The highest BCUT2D eigenvalue weighted by atomic mass is 33.1. The van der Waals surface area contributed by atoms with Crippen LogP contribution < -0.4 is 45.9 Å². The van der Waals surface area contributed by atoms with Crippen molar-refractivity contribution in [3.05, 3.63) is 97.6 Å². The lowest BCUT2D eigenvalue weighted by molar-refractivity contribution is -0.197. The van der Waals surface area contributed by atoms with Crippen LogP contribution in [-0.2, 0) is 88.5 Å². The van der Waals surface area contributed by atoms with Crippen molar-refractivity contribution < 1.29 is 99.9 Å². The van der Waals surface area contributed by atoms with Crippen LogP contribution in [0.5, 0.6) is 0 Å². The van der Waals surface area contributed by atoms with Gasteiger partial charge in [0.1, 0.15) is 20.1 Å². The Bertz CT molecular complexity index is 3170. The molecule has 2 aliphatic rings. The number of amides is 6. The Labute approximate surface area is 558 Å². The first-order chi connectivity index (χ1) is 43.5. The van der Waals surface area contributed by atoms with Crippen LogP contribution in [0.1, 0.15) is 51.4 Å². The molecule has 2 fully saturated rings. The number of nitrogens with zero attached hydrogens (tertiary/aromatic N) is 6. The Kier molecular flexibility index (Phi) is 41.9. The topological polar surface area (TPSA) is 611 Å². The summed E-state index contributed by atoms with van der Waals surface area (Å²) < 4.78 is 126. The monoisotopic (exact) mass is 1520 g/mol. The highest BCUT2D eigenvalue weighted by Crippen LogP contribution is 2.33. The van der Waals surface area contributed by atoms with Gasteiger partial charge < -0.3 is 9.68 Å². The highest BCUT2D eigenvalue weighted by molar-refractivity contribution is 8.77. The van der Waals surface area contributed by atoms with Gasteiger partial charge in [-0.25, -0.2) is 41.2 Å². The zero-order valence-corrected chi connectivity index (χ0v) is 57.0. The molecule has 0 radical (unpaired) electrons. The van der Waals surface area contributed by atoms with Gasteiger partial charge in [0.25, 0.3) is 75.9 Å². The van der Waals surface area contributed by atoms with E-state index in [2.05, 4.69) is 53.0 Å². The summed E-state index contributed by atoms with van der Waals surface area (Å²) in [5.41, 5.74) is 3.45. The standard InChI is InChI=1S/2C13H14N2O7S3.2C9H13N3O4S3.2H4N2/c2*16-11-4-5-12(17)15(11)22-13(18)9(25(19,20)21)6-8-23-24-10-3-1-2-7-14-10;2*10-12-9(13)7(19(14,15)16)4-6-17-18-8-3-1-2-5-11-8;2*1-2/h2*1-3,7,9H,4-6,8H2,(H,19,20,21);2*1-3,5,7H,4,6,10H2,(H,12,13)(H,14,15,16);2*1-2H2. The summed E-state index contributed by atoms with van der Waals surface area (Å²) in [7, 11) is -7.98. The Morgan fingerprint density at radius 3 is 0.826 bits per heavy atom. The third kappa shape index (κ3) is 33.9. The number of carbonyl (C=O) groups excluding carboxylic acids is 8. The number of hydroxylamine groups is 4. The number of aromatic nitrogens is 4. The molecule has 4 aromatic rings. The van der Waals surface area contributed by atoms with E-state index < -0.39 is 109 Å². The molecule has 36 nitrogen and oxygen atoms in total. The molecule has 6 rings (SSSR count). The molecule has 0 spiro atoms. The van der Waals surface area contributed by atoms with Crippen molar-refractivity contribution in [1.82, 2.24) is 40.9 Å². The second-order valence-electron chi connectivity index (χ2n) is 16.5. The maximum absolute atomic E-state index is 12.0. The summed E-state index contributed by atoms with van der Waals surface area (Å²) in [6, 6.07) is 21.5. The van der Waals surface area contributed by atoms with E-state index in [4.69, 9.17) is 20.8 Å². The fraction of sp³-hybridized carbons (Fsp3) is 0.364. The molecule has 92 heavy (non-hydrogen) atoms. The number of rotatable bonds is 30. The number of hydrazine groups is 4. The summed E-state index contributed by atoms with van der Waals surface area (Å²) in [6.07, 6.45) is 5.47. The summed E-state index contributed by atoms with van der Waals surface area (Å²) >= 11 is 0. The molecule has 0 saturated carbocycles. The van der Waals surface area contributed by atoms with Gasteiger partial charge in [-0.3, -0.25) is 81.2 Å². The molecule has 0 aliphatic carbocycles. The number of nitrogens with two attached hydrogens (primary N) is 6. The largest absolute Gasteiger partial charge is 0.353 e. The molecule has 4 atom stereocenters. The lowest BCUT2D eigenvalue weighted by atomic mass is 10.3. The van der Waals surface area contributed by atoms with Gasteiger partial charge in [-0.2, -0.15) is 33.7 Å². The zero-order valence-electron chi connectivity index (χ0n) is 47.2. The Hall–Kier alpha value is -5.04. The minimum atomic E-state index is -4.75. The number of pyridine rings is 4. The van der Waals surface area contributed by atoms with Gasteiger partial charge in [0.2, 0.25) is 0 Å². The van der Waals surface area contributed by atoms with Gasteiger partial charge in [-0.1, -0.05) is 67.4 Å². The Balaban J connectivity index is 0.000000607. The minimum absolute atomic E-state index is 0.0354. The quantitative estimate of drug-likeness (QED) is 0.00650. The van der Waals surface area contributed by atoms with Crippen LogP contribution in [0.3, 0.4) is 0 Å². The smallest absolute Gasteiger partial charge is 0.329 e. The van der Waals surface area contributed by atoms with E-state index >= 15 is 0 Å². The van der Waals surface area contributed by atoms with Crippen molar-refractivity contribution in [3.63, 3.8) is 0 Å². The maximum Gasteiger partial charge on any atom is 0.353 e. The normalized spacial score (nSPS) is 14.2. The predicted octanol–water partition coefficient (Wildman–Crippen LogP) is 0.705. The molecule has 2 saturated heterocycles. The van der Waals surface area contributed by atoms with Gasteiger partial charge >= 0.3 is 11.9 Å². The number of hydrogen-bond acceptors (Lipinski definition) is 36. The summed E-state index contributed by atoms with van der Waals surface area (Å²) in [5, 5.41) is -3.41. The van der Waals surface area contributed by atoms with Crippen molar-refractivity contribution in [2.45, 2.75) is 92.5 Å². The van der Waals surface area contributed by atoms with Crippen molar-refractivity contribution in [3.8, 4) is 0 Å². The van der Waals surface area contributed by atoms with Crippen LogP contribution in [0, 0.1) is 0 Å². The van der Waals surface area contributed by atoms with Crippen LogP contribution in [0.15, 0.2) is 118 Å². The molecule has 6 heterocycles. The van der Waals surface area contributed by atoms with Crippen molar-refractivity contribution in [2.24, 2.45) is 35.1 Å². The van der Waals surface area contributed by atoms with Crippen LogP contribution in [0.25, 0.3) is 0 Å². The molecule has 4 unspecified atom stereocenters. The summed E-state index contributed by atoms with van der Waals surface area (Å²) in [4.78, 5) is 117. The molecule has 2 aliphatic heterocycles. The first kappa shape index (κ1) is 85.0. The lowest BCUT2D eigenvalue weighted by Crippen LogP contribution is -2.43. The predicted molar refractivity (Wildman–Crippen MR) is 346 cm³/mol. The number of hydrogen-bond donors (Lipinski definition) is 12. The van der Waals surface area contributed by atoms with Crippen LogP contribution in [0.4, 0.5) is 0 Å². The second-order valence-corrected chi connectivity index (χ2v) is 32.6. The van der Waals surface area contributed by atoms with Gasteiger partial charge in [0, 0.05) is 73.5 Å². The first-order valence-corrected chi connectivity index (χ1v) is 40.3. The first-order valence-electron chi connectivity index (χ1n) is 25.0. The zero-order chi connectivity index (χ0) is 69.5. The molecule has 0 bridgehead atoms. The summed E-state index contributed by atoms with van der Waals surface area (Å²) in [5.74, 6) is 19.3. The van der Waals surface area contributed by atoms with E-state index in [1.807, 2.05) is 24.3 Å². The second kappa shape index (κ2) is 45.4. The number of nitrogens with one attached hydrogen (secondary N) is 2. The van der Waals surface area contributed by atoms with Crippen molar-refractivity contribution in [1.29, 1.82) is 0 Å². The van der Waals surface area contributed by atoms with Crippen LogP contribution in [0.2, 0.25) is 0 Å². The van der Waals surface area contributed by atoms with E-state index in [1.54, 1.807) is 84.2 Å². The van der Waals surface area contributed by atoms with E-state index in [0.717, 1.165) is 10.1 Å². The maximum atomic E-state index is 12.0. The van der Waals surface area contributed by atoms with E-state index in [0.29, 0.717) is 21.6 Å². The molecule has 18 N–H and O–H groups in total. The van der Waals surface area contributed by atoms with Crippen molar-refractivity contribution in [2.75, 3.05) is 23.0 Å². The van der Waals surface area contributed by atoms with Crippen LogP contribution >= 0.6 is 86.4 Å². The average molecular weight is 1520 g/mol. The third-order valence-electron chi connectivity index (χ3n) is 10.2. The fourth-order valence-electron chi connectivity index (χ4n) is 6.02. The summed E-state index contributed by atoms with van der Waals surface area (Å²) in [6.45, 7) is 0. The highest BCUT2D eigenvalue weighted by Gasteiger charge is 2.41. The van der Waals surface area contributed by atoms with Crippen LogP contribution in [-0.4, -0.2) is 173 Å². The molecule has 4 aromatic heterocycles.